The molecule has 104 valence electrons. The number of primary amides is 1. The molecule has 0 spiro atoms. The number of nitrogens with zero attached hydrogens (tertiary/aromatic N) is 1. The Balaban J connectivity index is 2.07. The first-order valence-electron chi connectivity index (χ1n) is 5.54. The van der Waals surface area contributed by atoms with E-state index in [1.807, 2.05) is 0 Å². The Hall–Kier alpha value is -2.05. The number of H-pyrrole nitrogens is 1. The second-order valence-corrected chi connectivity index (χ2v) is 4.78. The Labute approximate surface area is 124 Å². The molecule has 0 fully saturated rings. The van der Waals surface area contributed by atoms with Gasteiger partial charge in [0.2, 0.25) is 5.91 Å². The van der Waals surface area contributed by atoms with Gasteiger partial charge >= 0.3 is 0 Å². The first-order valence-corrected chi connectivity index (χ1v) is 6.30. The largest absolute Gasteiger partial charge is 0.364 e. The summed E-state index contributed by atoms with van der Waals surface area (Å²) in [4.78, 5) is 29.3. The molecule has 2 rings (SSSR count). The van der Waals surface area contributed by atoms with Crippen molar-refractivity contribution in [3.63, 3.8) is 0 Å². The van der Waals surface area contributed by atoms with Gasteiger partial charge in [-0.15, -0.1) is 0 Å². The molecule has 0 radical (unpaired) electrons. The third-order valence-corrected chi connectivity index (χ3v) is 3.23. The Kier molecular flexibility index (Phi) is 4.26. The third kappa shape index (κ3) is 3.28. The zero-order valence-electron chi connectivity index (χ0n) is 10.1. The number of carbonyl (C=O) groups is 2. The van der Waals surface area contributed by atoms with Crippen LogP contribution < -0.4 is 11.1 Å². The standard InChI is InChI=1S/C12H10Cl2N4O2/c13-7-2-1-6(3-8(7)14)4-9(19)18-12-10(11(15)20)16-5-17-12/h1-3,5H,4H2,(H2,15,20)(H,16,17)(H,18,19). The Morgan fingerprint density at radius 2 is 2.05 bits per heavy atom. The molecule has 6 nitrogen and oxygen atoms in total. The SMILES string of the molecule is NC(=O)c1[nH]cnc1NC(=O)Cc1ccc(Cl)c(Cl)c1. The number of nitrogens with two attached hydrogens (primary N) is 1. The summed E-state index contributed by atoms with van der Waals surface area (Å²) in [5.41, 5.74) is 5.87. The molecule has 0 atom stereocenters. The predicted octanol–water partition coefficient (Wildman–Crippen LogP) is 2.00. The minimum absolute atomic E-state index is 0.0486. The number of anilines is 1. The summed E-state index contributed by atoms with van der Waals surface area (Å²) < 4.78 is 0. The van der Waals surface area contributed by atoms with Crippen LogP contribution in [0.1, 0.15) is 16.1 Å². The molecule has 0 saturated carbocycles. The second kappa shape index (κ2) is 5.94. The molecule has 0 aliphatic carbocycles. The lowest BCUT2D eigenvalue weighted by atomic mass is 10.1. The van der Waals surface area contributed by atoms with Gasteiger partial charge in [0.05, 0.1) is 22.8 Å². The van der Waals surface area contributed by atoms with E-state index >= 15 is 0 Å². The number of rotatable bonds is 4. The van der Waals surface area contributed by atoms with Gasteiger partial charge in [0.25, 0.3) is 5.91 Å². The van der Waals surface area contributed by atoms with Gasteiger partial charge in [-0.25, -0.2) is 4.98 Å². The number of aromatic amines is 1. The van der Waals surface area contributed by atoms with Crippen LogP contribution in [0.4, 0.5) is 5.82 Å². The maximum atomic E-state index is 11.9. The fraction of sp³-hybridized carbons (Fsp3) is 0.0833. The van der Waals surface area contributed by atoms with Crippen LogP contribution in [-0.2, 0) is 11.2 Å². The summed E-state index contributed by atoms with van der Waals surface area (Å²) in [6.45, 7) is 0. The van der Waals surface area contributed by atoms with E-state index in [0.717, 1.165) is 0 Å². The quantitative estimate of drug-likeness (QED) is 0.804. The van der Waals surface area contributed by atoms with Gasteiger partial charge in [0.1, 0.15) is 5.69 Å². The molecular formula is C12H10Cl2N4O2. The number of aromatic nitrogens is 2. The monoisotopic (exact) mass is 312 g/mol. The molecule has 2 aromatic rings. The summed E-state index contributed by atoms with van der Waals surface area (Å²) in [7, 11) is 0. The van der Waals surface area contributed by atoms with Gasteiger partial charge in [-0.2, -0.15) is 0 Å². The molecule has 4 N–H and O–H groups in total. The highest BCUT2D eigenvalue weighted by molar-refractivity contribution is 6.42. The van der Waals surface area contributed by atoms with Crippen molar-refractivity contribution < 1.29 is 9.59 Å². The summed E-state index contributed by atoms with van der Waals surface area (Å²) in [6.07, 6.45) is 1.34. The van der Waals surface area contributed by atoms with E-state index in [-0.39, 0.29) is 23.8 Å². The van der Waals surface area contributed by atoms with Crippen molar-refractivity contribution in [2.24, 2.45) is 5.73 Å². The molecule has 0 aliphatic rings. The zero-order chi connectivity index (χ0) is 14.7. The Bertz CT molecular complexity index is 669. The van der Waals surface area contributed by atoms with Crippen LogP contribution in [0.3, 0.4) is 0 Å². The number of hydrogen-bond acceptors (Lipinski definition) is 3. The van der Waals surface area contributed by atoms with Crippen molar-refractivity contribution in [3.8, 4) is 0 Å². The topological polar surface area (TPSA) is 101 Å². The number of amides is 2. The highest BCUT2D eigenvalue weighted by Crippen LogP contribution is 2.23. The predicted molar refractivity (Wildman–Crippen MR) is 75.9 cm³/mol. The van der Waals surface area contributed by atoms with Crippen LogP contribution >= 0.6 is 23.2 Å². The van der Waals surface area contributed by atoms with Gasteiger partial charge in [-0.05, 0) is 17.7 Å². The van der Waals surface area contributed by atoms with E-state index in [1.165, 1.54) is 6.33 Å². The average molecular weight is 313 g/mol. The molecular weight excluding hydrogens is 303 g/mol. The van der Waals surface area contributed by atoms with Gasteiger partial charge < -0.3 is 16.0 Å². The lowest BCUT2D eigenvalue weighted by Crippen LogP contribution is -2.19. The molecule has 0 saturated heterocycles. The normalized spacial score (nSPS) is 10.3. The van der Waals surface area contributed by atoms with Gasteiger partial charge in [0.15, 0.2) is 5.82 Å². The highest BCUT2D eigenvalue weighted by Gasteiger charge is 2.14. The fourth-order valence-corrected chi connectivity index (χ4v) is 1.91. The summed E-state index contributed by atoms with van der Waals surface area (Å²) in [5, 5.41) is 3.28. The molecule has 0 bridgehead atoms. The molecule has 0 unspecified atom stereocenters. The molecule has 0 aliphatic heterocycles. The number of hydrogen-bond donors (Lipinski definition) is 3. The number of halogens is 2. The van der Waals surface area contributed by atoms with E-state index in [4.69, 9.17) is 28.9 Å². The van der Waals surface area contributed by atoms with Crippen LogP contribution in [0.25, 0.3) is 0 Å². The molecule has 1 heterocycles. The average Bonchev–Trinajstić information content (AvgIpc) is 2.82. The van der Waals surface area contributed by atoms with Gasteiger partial charge in [-0.1, -0.05) is 29.3 Å². The van der Waals surface area contributed by atoms with Crippen molar-refractivity contribution in [2.45, 2.75) is 6.42 Å². The van der Waals surface area contributed by atoms with Crippen molar-refractivity contribution in [1.82, 2.24) is 9.97 Å². The molecule has 20 heavy (non-hydrogen) atoms. The van der Waals surface area contributed by atoms with Crippen LogP contribution in [0.2, 0.25) is 10.0 Å². The van der Waals surface area contributed by atoms with Crippen LogP contribution in [0, 0.1) is 0 Å². The van der Waals surface area contributed by atoms with E-state index in [0.29, 0.717) is 15.6 Å². The minimum atomic E-state index is -0.702. The van der Waals surface area contributed by atoms with E-state index < -0.39 is 5.91 Å². The minimum Gasteiger partial charge on any atom is -0.364 e. The molecule has 8 heteroatoms. The van der Waals surface area contributed by atoms with Gasteiger partial charge in [-0.3, -0.25) is 9.59 Å². The highest BCUT2D eigenvalue weighted by atomic mass is 35.5. The fourth-order valence-electron chi connectivity index (χ4n) is 1.59. The van der Waals surface area contributed by atoms with Crippen LogP contribution in [-0.4, -0.2) is 21.8 Å². The van der Waals surface area contributed by atoms with E-state index in [1.54, 1.807) is 18.2 Å². The van der Waals surface area contributed by atoms with Crippen LogP contribution in [0.15, 0.2) is 24.5 Å². The zero-order valence-corrected chi connectivity index (χ0v) is 11.6. The Morgan fingerprint density at radius 1 is 1.30 bits per heavy atom. The lowest BCUT2D eigenvalue weighted by molar-refractivity contribution is -0.115. The number of nitrogens with one attached hydrogen (secondary N) is 2. The van der Waals surface area contributed by atoms with Crippen molar-refractivity contribution in [3.05, 3.63) is 45.8 Å². The summed E-state index contributed by atoms with van der Waals surface area (Å²) in [6, 6.07) is 4.90. The van der Waals surface area contributed by atoms with E-state index in [2.05, 4.69) is 15.3 Å². The summed E-state index contributed by atoms with van der Waals surface area (Å²) in [5.74, 6) is -0.951. The Morgan fingerprint density at radius 3 is 2.70 bits per heavy atom. The lowest BCUT2D eigenvalue weighted by Gasteiger charge is -2.05. The van der Waals surface area contributed by atoms with E-state index in [9.17, 15) is 9.59 Å². The van der Waals surface area contributed by atoms with Crippen molar-refractivity contribution in [2.75, 3.05) is 5.32 Å². The molecule has 2 amide bonds. The first kappa shape index (κ1) is 14.4. The number of benzene rings is 1. The number of imidazole rings is 1. The number of carbonyl (C=O) groups excluding carboxylic acids is 2. The summed E-state index contributed by atoms with van der Waals surface area (Å²) >= 11 is 11.7. The molecule has 1 aromatic carbocycles. The molecule has 1 aromatic heterocycles. The smallest absolute Gasteiger partial charge is 0.269 e. The van der Waals surface area contributed by atoms with Crippen LogP contribution in [0.5, 0.6) is 0 Å². The second-order valence-electron chi connectivity index (χ2n) is 3.96. The third-order valence-electron chi connectivity index (χ3n) is 2.49. The van der Waals surface area contributed by atoms with Crippen molar-refractivity contribution >= 4 is 40.8 Å². The first-order chi connectivity index (χ1) is 9.47. The van der Waals surface area contributed by atoms with Gasteiger partial charge in [0, 0.05) is 0 Å². The van der Waals surface area contributed by atoms with Crippen molar-refractivity contribution in [1.29, 1.82) is 0 Å². The maximum Gasteiger partial charge on any atom is 0.269 e. The maximum absolute atomic E-state index is 11.9.